The molecular formula is C21H28O4. The summed E-state index contributed by atoms with van der Waals surface area (Å²) in [7, 11) is 0. The molecule has 1 heterocycles. The van der Waals surface area contributed by atoms with Crippen LogP contribution in [0.25, 0.3) is 0 Å². The summed E-state index contributed by atoms with van der Waals surface area (Å²) >= 11 is 0. The first-order valence-electron chi connectivity index (χ1n) is 9.85. The van der Waals surface area contributed by atoms with Crippen LogP contribution < -0.4 is 0 Å². The van der Waals surface area contributed by atoms with Crippen molar-refractivity contribution < 1.29 is 19.4 Å². The molecular weight excluding hydrogens is 316 g/mol. The molecule has 6 unspecified atom stereocenters. The van der Waals surface area contributed by atoms with Crippen molar-refractivity contribution in [2.45, 2.75) is 77.1 Å². The molecule has 4 aliphatic carbocycles. The van der Waals surface area contributed by atoms with Gasteiger partial charge in [-0.05, 0) is 68.3 Å². The summed E-state index contributed by atoms with van der Waals surface area (Å²) in [5.74, 6) is 1.46. The Balaban J connectivity index is 1.56. The first-order valence-corrected chi connectivity index (χ1v) is 9.85. The average molecular weight is 344 g/mol. The van der Waals surface area contributed by atoms with Crippen molar-refractivity contribution in [2.75, 3.05) is 0 Å². The second-order valence-electron chi connectivity index (χ2n) is 9.71. The van der Waals surface area contributed by atoms with Crippen LogP contribution in [0.15, 0.2) is 11.6 Å². The van der Waals surface area contributed by atoms with Crippen LogP contribution in [0.5, 0.6) is 0 Å². The lowest BCUT2D eigenvalue weighted by atomic mass is 9.45. The van der Waals surface area contributed by atoms with Crippen LogP contribution in [0.1, 0.15) is 59.3 Å². The molecule has 4 heteroatoms. The number of fused-ring (bicyclic) bond motifs is 7. The molecule has 1 N–H and O–H groups in total. The number of carbonyl (C=O) groups is 2. The summed E-state index contributed by atoms with van der Waals surface area (Å²) in [6, 6.07) is 0. The summed E-state index contributed by atoms with van der Waals surface area (Å²) in [4.78, 5) is 24.3. The van der Waals surface area contributed by atoms with Gasteiger partial charge >= 0.3 is 0 Å². The highest BCUT2D eigenvalue weighted by Gasteiger charge is 2.80. The van der Waals surface area contributed by atoms with Crippen LogP contribution in [0.4, 0.5) is 0 Å². The zero-order valence-electron chi connectivity index (χ0n) is 15.4. The molecule has 0 spiro atoms. The average Bonchev–Trinajstić information content (AvgIpc) is 3.22. The fraction of sp³-hybridized carbons (Fsp3) is 0.810. The lowest BCUT2D eigenvalue weighted by Crippen LogP contribution is -2.59. The van der Waals surface area contributed by atoms with Crippen molar-refractivity contribution in [3.05, 3.63) is 11.6 Å². The normalized spacial score (nSPS) is 56.2. The molecule has 25 heavy (non-hydrogen) atoms. The lowest BCUT2D eigenvalue weighted by Gasteiger charge is -2.60. The standard InChI is InChI=1S/C21H28O4/c1-11(22)21-17(25-21)9-15-14-5-4-12-8-13(23)6-7-19(12,2)18(14)16(24)10-20(15,21)3/h8,14-18,24H,4-7,9-10H2,1-3H3/t14?,15?,16-,17+,18?,19?,20?,21?/m0/s1. The maximum absolute atomic E-state index is 12.4. The maximum atomic E-state index is 12.4. The molecule has 136 valence electrons. The Morgan fingerprint density at radius 1 is 1.32 bits per heavy atom. The molecule has 5 aliphatic rings. The van der Waals surface area contributed by atoms with Gasteiger partial charge in [-0.1, -0.05) is 19.4 Å². The number of epoxide rings is 1. The van der Waals surface area contributed by atoms with E-state index in [1.807, 2.05) is 6.08 Å². The highest BCUT2D eigenvalue weighted by atomic mass is 16.6. The number of aliphatic hydroxyl groups excluding tert-OH is 1. The molecule has 0 aromatic carbocycles. The van der Waals surface area contributed by atoms with Gasteiger partial charge in [-0.3, -0.25) is 9.59 Å². The Labute approximate surface area is 149 Å². The van der Waals surface area contributed by atoms with Gasteiger partial charge in [-0.25, -0.2) is 0 Å². The molecule has 8 atom stereocenters. The van der Waals surface area contributed by atoms with Crippen LogP contribution >= 0.6 is 0 Å². The third-order valence-electron chi connectivity index (χ3n) is 8.85. The molecule has 0 aromatic heterocycles. The number of Topliss-reactive ketones (excluding diaryl/α,β-unsaturated/α-hetero) is 1. The van der Waals surface area contributed by atoms with Crippen LogP contribution in [-0.2, 0) is 14.3 Å². The number of ether oxygens (including phenoxy) is 1. The van der Waals surface area contributed by atoms with Gasteiger partial charge in [-0.2, -0.15) is 0 Å². The van der Waals surface area contributed by atoms with Crippen LogP contribution in [0.2, 0.25) is 0 Å². The first kappa shape index (κ1) is 16.2. The number of carbonyl (C=O) groups excluding carboxylic acids is 2. The minimum Gasteiger partial charge on any atom is -0.393 e. The molecule has 5 rings (SSSR count). The monoisotopic (exact) mass is 344 g/mol. The number of aliphatic hydroxyl groups is 1. The molecule has 0 amide bonds. The lowest BCUT2D eigenvalue weighted by molar-refractivity contribution is -0.158. The number of hydrogen-bond donors (Lipinski definition) is 1. The topological polar surface area (TPSA) is 66.9 Å². The van der Waals surface area contributed by atoms with Crippen molar-refractivity contribution >= 4 is 11.6 Å². The third-order valence-corrected chi connectivity index (χ3v) is 8.85. The van der Waals surface area contributed by atoms with Crippen molar-refractivity contribution in [2.24, 2.45) is 28.6 Å². The van der Waals surface area contributed by atoms with Gasteiger partial charge in [0.1, 0.15) is 0 Å². The zero-order chi connectivity index (χ0) is 17.8. The summed E-state index contributed by atoms with van der Waals surface area (Å²) < 4.78 is 5.93. The Bertz CT molecular complexity index is 711. The Hall–Kier alpha value is -1.00. The maximum Gasteiger partial charge on any atom is 0.164 e. The second kappa shape index (κ2) is 4.64. The van der Waals surface area contributed by atoms with Crippen molar-refractivity contribution in [1.82, 2.24) is 0 Å². The highest BCUT2D eigenvalue weighted by Crippen LogP contribution is 2.73. The van der Waals surface area contributed by atoms with Gasteiger partial charge < -0.3 is 9.84 Å². The van der Waals surface area contributed by atoms with E-state index in [1.165, 1.54) is 5.57 Å². The van der Waals surface area contributed by atoms with E-state index in [-0.39, 0.29) is 34.4 Å². The molecule has 3 saturated carbocycles. The molecule has 0 bridgehead atoms. The van der Waals surface area contributed by atoms with Crippen LogP contribution in [0.3, 0.4) is 0 Å². The van der Waals surface area contributed by atoms with Crippen molar-refractivity contribution in [3.8, 4) is 0 Å². The van der Waals surface area contributed by atoms with E-state index >= 15 is 0 Å². The summed E-state index contributed by atoms with van der Waals surface area (Å²) in [5, 5.41) is 11.2. The van der Waals surface area contributed by atoms with Gasteiger partial charge in [0.2, 0.25) is 0 Å². The Morgan fingerprint density at radius 2 is 2.08 bits per heavy atom. The van der Waals surface area contributed by atoms with Gasteiger partial charge in [0.05, 0.1) is 12.2 Å². The van der Waals surface area contributed by atoms with Gasteiger partial charge in [0, 0.05) is 11.8 Å². The van der Waals surface area contributed by atoms with Gasteiger partial charge in [0.25, 0.3) is 0 Å². The van der Waals surface area contributed by atoms with E-state index in [4.69, 9.17) is 4.74 Å². The minimum absolute atomic E-state index is 0.0589. The molecule has 4 nitrogen and oxygen atoms in total. The largest absolute Gasteiger partial charge is 0.393 e. The SMILES string of the molecule is CC(=O)C12O[C@@H]1CC1C3CCC4=CC(=O)CCC4(C)C3[C@@H](O)CC12C. The molecule has 4 fully saturated rings. The number of rotatable bonds is 1. The number of hydrogen-bond acceptors (Lipinski definition) is 4. The van der Waals surface area contributed by atoms with Crippen LogP contribution in [-0.4, -0.2) is 34.5 Å². The molecule has 1 aliphatic heterocycles. The van der Waals surface area contributed by atoms with E-state index in [2.05, 4.69) is 13.8 Å². The van der Waals surface area contributed by atoms with E-state index in [9.17, 15) is 14.7 Å². The third kappa shape index (κ3) is 1.71. The predicted octanol–water partition coefficient (Wildman–Crippen LogP) is 2.83. The second-order valence-corrected chi connectivity index (χ2v) is 9.71. The fourth-order valence-electron chi connectivity index (χ4n) is 7.75. The molecule has 0 aromatic rings. The summed E-state index contributed by atoms with van der Waals surface area (Å²) in [5.41, 5.74) is 0.317. The quantitative estimate of drug-likeness (QED) is 0.743. The Morgan fingerprint density at radius 3 is 2.80 bits per heavy atom. The van der Waals surface area contributed by atoms with Gasteiger partial charge in [0.15, 0.2) is 17.2 Å². The smallest absolute Gasteiger partial charge is 0.164 e. The predicted molar refractivity (Wildman–Crippen MR) is 91.8 cm³/mol. The van der Waals surface area contributed by atoms with E-state index < -0.39 is 11.7 Å². The molecule has 1 saturated heterocycles. The summed E-state index contributed by atoms with van der Waals surface area (Å²) in [6.07, 6.45) is 6.54. The fourth-order valence-corrected chi connectivity index (χ4v) is 7.75. The van der Waals surface area contributed by atoms with E-state index in [0.29, 0.717) is 24.7 Å². The van der Waals surface area contributed by atoms with Crippen LogP contribution in [0, 0.1) is 28.6 Å². The minimum atomic E-state index is -0.636. The highest BCUT2D eigenvalue weighted by molar-refractivity contribution is 5.92. The first-order chi connectivity index (χ1) is 11.7. The Kier molecular flexibility index (Phi) is 3.00. The molecule has 0 radical (unpaired) electrons. The number of ketones is 2. The summed E-state index contributed by atoms with van der Waals surface area (Å²) in [6.45, 7) is 6.10. The van der Waals surface area contributed by atoms with E-state index in [1.54, 1.807) is 6.92 Å². The van der Waals surface area contributed by atoms with E-state index in [0.717, 1.165) is 25.7 Å². The zero-order valence-corrected chi connectivity index (χ0v) is 15.4. The van der Waals surface area contributed by atoms with Crippen molar-refractivity contribution in [3.63, 3.8) is 0 Å². The van der Waals surface area contributed by atoms with Gasteiger partial charge in [-0.15, -0.1) is 0 Å². The van der Waals surface area contributed by atoms with Crippen molar-refractivity contribution in [1.29, 1.82) is 0 Å². The number of allylic oxidation sites excluding steroid dienone is 1.